The molecular formula is C24H31N5O4. The van der Waals surface area contributed by atoms with Crippen LogP contribution in [0.5, 0.6) is 0 Å². The third-order valence-corrected chi connectivity index (χ3v) is 7.37. The van der Waals surface area contributed by atoms with Crippen molar-refractivity contribution < 1.29 is 19.2 Å². The SMILES string of the molecule is O=C1CCC(N2Cc3c(CN4CCN(C(=O)[C@H]5CCCCN5)CC4)cccc3C2=O)C(=O)N1. The lowest BCUT2D eigenvalue weighted by molar-refractivity contribution is -0.137. The van der Waals surface area contributed by atoms with Gasteiger partial charge in [-0.05, 0) is 43.0 Å². The molecule has 4 amide bonds. The van der Waals surface area contributed by atoms with Crippen molar-refractivity contribution in [2.24, 2.45) is 0 Å². The summed E-state index contributed by atoms with van der Waals surface area (Å²) in [7, 11) is 0. The van der Waals surface area contributed by atoms with E-state index in [2.05, 4.69) is 15.5 Å². The van der Waals surface area contributed by atoms with Gasteiger partial charge in [0, 0.05) is 51.3 Å². The van der Waals surface area contributed by atoms with Crippen LogP contribution in [0.2, 0.25) is 0 Å². The molecule has 1 aromatic rings. The topological polar surface area (TPSA) is 102 Å². The molecule has 9 nitrogen and oxygen atoms in total. The molecule has 9 heteroatoms. The van der Waals surface area contributed by atoms with Crippen LogP contribution in [-0.2, 0) is 27.5 Å². The quantitative estimate of drug-likeness (QED) is 0.633. The molecule has 0 radical (unpaired) electrons. The number of benzene rings is 1. The Morgan fingerprint density at radius 3 is 2.58 bits per heavy atom. The number of hydrogen-bond donors (Lipinski definition) is 2. The normalized spacial score (nSPS) is 26.4. The Balaban J connectivity index is 1.21. The van der Waals surface area contributed by atoms with Crippen molar-refractivity contribution in [1.29, 1.82) is 0 Å². The van der Waals surface area contributed by atoms with Crippen LogP contribution >= 0.6 is 0 Å². The number of hydrogen-bond acceptors (Lipinski definition) is 6. The summed E-state index contributed by atoms with van der Waals surface area (Å²) >= 11 is 0. The number of rotatable bonds is 4. The number of amides is 4. The lowest BCUT2D eigenvalue weighted by Crippen LogP contribution is -2.54. The minimum Gasteiger partial charge on any atom is -0.339 e. The number of nitrogens with zero attached hydrogens (tertiary/aromatic N) is 3. The van der Waals surface area contributed by atoms with Crippen LogP contribution < -0.4 is 10.6 Å². The molecular weight excluding hydrogens is 422 g/mol. The predicted molar refractivity (Wildman–Crippen MR) is 120 cm³/mol. The van der Waals surface area contributed by atoms with Gasteiger partial charge in [-0.25, -0.2) is 0 Å². The Bertz CT molecular complexity index is 966. The molecule has 4 heterocycles. The highest BCUT2D eigenvalue weighted by atomic mass is 16.2. The fourth-order valence-electron chi connectivity index (χ4n) is 5.45. The number of piperidine rings is 2. The van der Waals surface area contributed by atoms with Crippen LogP contribution in [0.4, 0.5) is 0 Å². The fraction of sp³-hybridized carbons (Fsp3) is 0.583. The summed E-state index contributed by atoms with van der Waals surface area (Å²) in [6.45, 7) is 5.05. The number of fused-ring (bicyclic) bond motifs is 1. The Labute approximate surface area is 193 Å². The Morgan fingerprint density at radius 1 is 1.03 bits per heavy atom. The summed E-state index contributed by atoms with van der Waals surface area (Å²) in [5.41, 5.74) is 2.70. The van der Waals surface area contributed by atoms with E-state index in [9.17, 15) is 19.2 Å². The maximum Gasteiger partial charge on any atom is 0.255 e. The largest absolute Gasteiger partial charge is 0.339 e. The van der Waals surface area contributed by atoms with Gasteiger partial charge in [-0.2, -0.15) is 0 Å². The Hall–Kier alpha value is -2.78. The number of nitrogens with one attached hydrogen (secondary N) is 2. The van der Waals surface area contributed by atoms with Crippen LogP contribution in [0.3, 0.4) is 0 Å². The van der Waals surface area contributed by atoms with Crippen molar-refractivity contribution >= 4 is 23.6 Å². The van der Waals surface area contributed by atoms with E-state index < -0.39 is 6.04 Å². The smallest absolute Gasteiger partial charge is 0.255 e. The number of piperazine rings is 1. The number of carbonyl (C=O) groups is 4. The zero-order valence-corrected chi connectivity index (χ0v) is 18.8. The minimum absolute atomic E-state index is 0.0352. The van der Waals surface area contributed by atoms with E-state index in [0.29, 0.717) is 38.2 Å². The van der Waals surface area contributed by atoms with Crippen molar-refractivity contribution in [2.75, 3.05) is 32.7 Å². The first-order chi connectivity index (χ1) is 16.0. The van der Waals surface area contributed by atoms with E-state index >= 15 is 0 Å². The highest BCUT2D eigenvalue weighted by Gasteiger charge is 2.40. The van der Waals surface area contributed by atoms with Crippen LogP contribution in [0, 0.1) is 0 Å². The molecule has 0 aromatic heterocycles. The van der Waals surface area contributed by atoms with Crippen molar-refractivity contribution in [3.05, 3.63) is 34.9 Å². The van der Waals surface area contributed by atoms with Crippen molar-refractivity contribution in [3.63, 3.8) is 0 Å². The molecule has 0 saturated carbocycles. The van der Waals surface area contributed by atoms with Gasteiger partial charge >= 0.3 is 0 Å². The minimum atomic E-state index is -0.599. The van der Waals surface area contributed by atoms with E-state index in [1.165, 1.54) is 0 Å². The molecule has 3 fully saturated rings. The standard InChI is InChI=1S/C24H31N5O4/c30-21-8-7-20(22(31)26-21)29-15-18-16(4-3-5-17(18)23(29)32)14-27-10-12-28(13-11-27)24(33)19-6-1-2-9-25-19/h3-5,19-20,25H,1-2,6-15H2,(H,26,30,31)/t19-,20?/m1/s1. The molecule has 4 aliphatic rings. The van der Waals surface area contributed by atoms with Crippen molar-refractivity contribution in [2.45, 2.75) is 57.3 Å². The van der Waals surface area contributed by atoms with Gasteiger partial charge in [-0.1, -0.05) is 18.6 Å². The van der Waals surface area contributed by atoms with Crippen LogP contribution in [-0.4, -0.2) is 83.1 Å². The van der Waals surface area contributed by atoms with Gasteiger partial charge in [0.1, 0.15) is 6.04 Å². The third-order valence-electron chi connectivity index (χ3n) is 7.37. The molecule has 2 atom stereocenters. The number of carbonyl (C=O) groups excluding carboxylic acids is 4. The molecule has 33 heavy (non-hydrogen) atoms. The molecule has 5 rings (SSSR count). The van der Waals surface area contributed by atoms with Gasteiger partial charge in [0.05, 0.1) is 6.04 Å². The van der Waals surface area contributed by atoms with Crippen LogP contribution in [0.15, 0.2) is 18.2 Å². The summed E-state index contributed by atoms with van der Waals surface area (Å²) in [4.78, 5) is 55.5. The van der Waals surface area contributed by atoms with Crippen LogP contribution in [0.1, 0.15) is 53.6 Å². The summed E-state index contributed by atoms with van der Waals surface area (Å²) in [5, 5.41) is 5.70. The average Bonchev–Trinajstić information content (AvgIpc) is 3.17. The average molecular weight is 454 g/mol. The van der Waals surface area contributed by atoms with E-state index in [0.717, 1.165) is 50.0 Å². The van der Waals surface area contributed by atoms with Crippen LogP contribution in [0.25, 0.3) is 0 Å². The van der Waals surface area contributed by atoms with Crippen molar-refractivity contribution in [1.82, 2.24) is 25.3 Å². The molecule has 0 bridgehead atoms. The first kappa shape index (κ1) is 22.0. The summed E-state index contributed by atoms with van der Waals surface area (Å²) in [5.74, 6) is -0.586. The van der Waals surface area contributed by atoms with Gasteiger partial charge in [0.2, 0.25) is 17.7 Å². The summed E-state index contributed by atoms with van der Waals surface area (Å²) in [6, 6.07) is 5.13. The zero-order chi connectivity index (χ0) is 22.9. The highest BCUT2D eigenvalue weighted by Crippen LogP contribution is 2.30. The maximum atomic E-state index is 13.0. The lowest BCUT2D eigenvalue weighted by Gasteiger charge is -2.37. The fourth-order valence-corrected chi connectivity index (χ4v) is 5.45. The molecule has 0 aliphatic carbocycles. The first-order valence-electron chi connectivity index (χ1n) is 12.0. The summed E-state index contributed by atoms with van der Waals surface area (Å²) < 4.78 is 0. The molecule has 0 spiro atoms. The zero-order valence-electron chi connectivity index (χ0n) is 18.8. The predicted octanol–water partition coefficient (Wildman–Crippen LogP) is 0.234. The Kier molecular flexibility index (Phi) is 6.16. The highest BCUT2D eigenvalue weighted by molar-refractivity contribution is 6.05. The molecule has 4 aliphatic heterocycles. The molecule has 2 N–H and O–H groups in total. The molecule has 3 saturated heterocycles. The van der Waals surface area contributed by atoms with E-state index in [1.54, 1.807) is 4.90 Å². The molecule has 1 unspecified atom stereocenters. The third kappa shape index (κ3) is 4.39. The lowest BCUT2D eigenvalue weighted by atomic mass is 10.0. The van der Waals surface area contributed by atoms with E-state index in [1.807, 2.05) is 23.1 Å². The summed E-state index contributed by atoms with van der Waals surface area (Å²) in [6.07, 6.45) is 3.79. The monoisotopic (exact) mass is 453 g/mol. The second-order valence-electron chi connectivity index (χ2n) is 9.45. The molecule has 1 aromatic carbocycles. The second-order valence-corrected chi connectivity index (χ2v) is 9.45. The molecule has 176 valence electrons. The second kappa shape index (κ2) is 9.23. The van der Waals surface area contributed by atoms with Gasteiger partial charge in [0.15, 0.2) is 0 Å². The van der Waals surface area contributed by atoms with Gasteiger partial charge in [-0.15, -0.1) is 0 Å². The van der Waals surface area contributed by atoms with Crippen molar-refractivity contribution in [3.8, 4) is 0 Å². The van der Waals surface area contributed by atoms with Gasteiger partial charge in [0.25, 0.3) is 5.91 Å². The van der Waals surface area contributed by atoms with E-state index in [4.69, 9.17) is 0 Å². The van der Waals surface area contributed by atoms with Gasteiger partial charge in [-0.3, -0.25) is 29.4 Å². The van der Waals surface area contributed by atoms with E-state index in [-0.39, 0.29) is 36.1 Å². The van der Waals surface area contributed by atoms with Gasteiger partial charge < -0.3 is 15.1 Å². The number of imide groups is 1. The Morgan fingerprint density at radius 2 is 1.85 bits per heavy atom. The maximum absolute atomic E-state index is 13.0. The first-order valence-corrected chi connectivity index (χ1v) is 12.0.